The zero-order valence-electron chi connectivity index (χ0n) is 11.9. The van der Waals surface area contributed by atoms with Crippen LogP contribution >= 0.6 is 11.6 Å². The lowest BCUT2D eigenvalue weighted by atomic mass is 9.98. The summed E-state index contributed by atoms with van der Waals surface area (Å²) in [5, 5.41) is 3.04. The van der Waals surface area contributed by atoms with Crippen LogP contribution in [0.5, 0.6) is 0 Å². The van der Waals surface area contributed by atoms with Gasteiger partial charge in [0.15, 0.2) is 0 Å². The molecule has 2 rings (SSSR count). The maximum atomic E-state index is 12.0. The third-order valence-electron chi connectivity index (χ3n) is 3.50. The summed E-state index contributed by atoms with van der Waals surface area (Å²) in [4.78, 5) is 16.0. The Balaban J connectivity index is 1.76. The second-order valence-corrected chi connectivity index (χ2v) is 5.47. The Morgan fingerprint density at radius 3 is 2.86 bits per heavy atom. The van der Waals surface area contributed by atoms with Crippen molar-refractivity contribution in [2.45, 2.75) is 38.2 Å². The molecule has 1 aliphatic rings. The zero-order valence-corrected chi connectivity index (χ0v) is 12.7. The van der Waals surface area contributed by atoms with Gasteiger partial charge in [-0.3, -0.25) is 4.79 Å². The van der Waals surface area contributed by atoms with E-state index in [9.17, 15) is 4.79 Å². The molecule has 6 nitrogen and oxygen atoms in total. The van der Waals surface area contributed by atoms with Gasteiger partial charge in [-0.1, -0.05) is 30.9 Å². The van der Waals surface area contributed by atoms with E-state index in [1.54, 1.807) is 12.1 Å². The number of nitrogens with one attached hydrogen (secondary N) is 2. The average molecular weight is 313 g/mol. The summed E-state index contributed by atoms with van der Waals surface area (Å²) >= 11 is 5.96. The maximum absolute atomic E-state index is 12.0. The molecule has 1 fully saturated rings. The number of amides is 1. The van der Waals surface area contributed by atoms with E-state index in [4.69, 9.17) is 22.2 Å². The van der Waals surface area contributed by atoms with Gasteiger partial charge < -0.3 is 15.5 Å². The quantitative estimate of drug-likeness (QED) is 0.425. The molecule has 1 saturated carbocycles. The number of rotatable bonds is 6. The van der Waals surface area contributed by atoms with Crippen molar-refractivity contribution < 1.29 is 9.53 Å². The Bertz CT molecular complexity index is 478. The van der Waals surface area contributed by atoms with Crippen molar-refractivity contribution in [3.05, 3.63) is 22.8 Å². The standard InChI is InChI=1S/C14H21ClN4O2/c15-11-6-7-12(19-16)18-13(11)14(20)17-8-9-21-10-4-2-1-3-5-10/h6-7,10H,1-5,8-9,16H2,(H,17,20)(H,18,19). The van der Waals surface area contributed by atoms with E-state index in [2.05, 4.69) is 15.7 Å². The van der Waals surface area contributed by atoms with Crippen LogP contribution in [-0.2, 0) is 4.74 Å². The number of hydrazine groups is 1. The van der Waals surface area contributed by atoms with Crippen molar-refractivity contribution in [2.75, 3.05) is 18.6 Å². The highest BCUT2D eigenvalue weighted by molar-refractivity contribution is 6.33. The number of hydrogen-bond donors (Lipinski definition) is 3. The number of aromatic nitrogens is 1. The smallest absolute Gasteiger partial charge is 0.271 e. The number of pyridine rings is 1. The number of carbonyl (C=O) groups excluding carboxylic acids is 1. The first kappa shape index (κ1) is 16.0. The molecule has 0 saturated heterocycles. The van der Waals surface area contributed by atoms with Crippen LogP contribution in [0.1, 0.15) is 42.6 Å². The van der Waals surface area contributed by atoms with Crippen molar-refractivity contribution in [1.82, 2.24) is 10.3 Å². The summed E-state index contributed by atoms with van der Waals surface area (Å²) < 4.78 is 5.74. The fourth-order valence-electron chi connectivity index (χ4n) is 2.39. The lowest BCUT2D eigenvalue weighted by molar-refractivity contribution is 0.0299. The molecule has 0 bridgehead atoms. The lowest BCUT2D eigenvalue weighted by Gasteiger charge is -2.22. The number of anilines is 1. The number of carbonyl (C=O) groups is 1. The van der Waals surface area contributed by atoms with Gasteiger partial charge in [-0.05, 0) is 25.0 Å². The maximum Gasteiger partial charge on any atom is 0.271 e. The van der Waals surface area contributed by atoms with Gasteiger partial charge in [-0.15, -0.1) is 0 Å². The Morgan fingerprint density at radius 1 is 1.38 bits per heavy atom. The van der Waals surface area contributed by atoms with Crippen LogP contribution in [0.2, 0.25) is 5.02 Å². The molecule has 0 aromatic carbocycles. The molecule has 7 heteroatoms. The highest BCUT2D eigenvalue weighted by Gasteiger charge is 2.15. The summed E-state index contributed by atoms with van der Waals surface area (Å²) in [6.07, 6.45) is 6.33. The highest BCUT2D eigenvalue weighted by atomic mass is 35.5. The molecular formula is C14H21ClN4O2. The first-order valence-corrected chi connectivity index (χ1v) is 7.61. The first-order chi connectivity index (χ1) is 10.2. The Labute approximate surface area is 129 Å². The predicted molar refractivity (Wildman–Crippen MR) is 82.2 cm³/mol. The predicted octanol–water partition coefficient (Wildman–Crippen LogP) is 2.10. The van der Waals surface area contributed by atoms with E-state index in [1.807, 2.05) is 0 Å². The van der Waals surface area contributed by atoms with E-state index in [0.29, 0.717) is 30.1 Å². The van der Waals surface area contributed by atoms with Gasteiger partial charge in [0.25, 0.3) is 5.91 Å². The van der Waals surface area contributed by atoms with Gasteiger partial charge in [0.1, 0.15) is 11.5 Å². The Hall–Kier alpha value is -1.37. The van der Waals surface area contributed by atoms with Crippen LogP contribution in [0.15, 0.2) is 12.1 Å². The number of halogens is 1. The van der Waals surface area contributed by atoms with Gasteiger partial charge in [0.2, 0.25) is 0 Å². The molecule has 1 heterocycles. The zero-order chi connectivity index (χ0) is 15.1. The van der Waals surface area contributed by atoms with Gasteiger partial charge in [0.05, 0.1) is 17.7 Å². The van der Waals surface area contributed by atoms with Crippen LogP contribution in [-0.4, -0.2) is 30.1 Å². The van der Waals surface area contributed by atoms with Crippen molar-refractivity contribution in [3.63, 3.8) is 0 Å². The number of ether oxygens (including phenoxy) is 1. The third kappa shape index (κ3) is 4.84. The Morgan fingerprint density at radius 2 is 2.14 bits per heavy atom. The van der Waals surface area contributed by atoms with E-state index < -0.39 is 0 Å². The minimum atomic E-state index is -0.329. The summed E-state index contributed by atoms with van der Waals surface area (Å²) in [6.45, 7) is 0.941. The van der Waals surface area contributed by atoms with Gasteiger partial charge in [-0.25, -0.2) is 10.8 Å². The molecule has 21 heavy (non-hydrogen) atoms. The molecule has 4 N–H and O–H groups in total. The van der Waals surface area contributed by atoms with E-state index in [0.717, 1.165) is 12.8 Å². The molecule has 0 atom stereocenters. The molecule has 1 aliphatic carbocycles. The minimum absolute atomic E-state index is 0.157. The van der Waals surface area contributed by atoms with E-state index in [1.165, 1.54) is 19.3 Å². The molecule has 0 aliphatic heterocycles. The second kappa shape index (κ2) is 8.17. The molecule has 116 valence electrons. The van der Waals surface area contributed by atoms with Crippen molar-refractivity contribution >= 4 is 23.3 Å². The van der Waals surface area contributed by atoms with Gasteiger partial charge in [-0.2, -0.15) is 0 Å². The largest absolute Gasteiger partial charge is 0.376 e. The second-order valence-electron chi connectivity index (χ2n) is 5.06. The van der Waals surface area contributed by atoms with Crippen molar-refractivity contribution in [3.8, 4) is 0 Å². The molecular weight excluding hydrogens is 292 g/mol. The van der Waals surface area contributed by atoms with Crippen LogP contribution in [0.4, 0.5) is 5.82 Å². The fraction of sp³-hybridized carbons (Fsp3) is 0.571. The van der Waals surface area contributed by atoms with E-state index >= 15 is 0 Å². The molecule has 1 aromatic heterocycles. The third-order valence-corrected chi connectivity index (χ3v) is 3.81. The summed E-state index contributed by atoms with van der Waals surface area (Å²) in [6, 6.07) is 3.18. The summed E-state index contributed by atoms with van der Waals surface area (Å²) in [5.74, 6) is 5.33. The average Bonchev–Trinajstić information content (AvgIpc) is 2.53. The molecule has 0 radical (unpaired) electrons. The van der Waals surface area contributed by atoms with Crippen LogP contribution in [0.25, 0.3) is 0 Å². The Kier molecular flexibility index (Phi) is 6.22. The normalized spacial score (nSPS) is 15.7. The molecule has 0 spiro atoms. The van der Waals surface area contributed by atoms with Crippen LogP contribution in [0.3, 0.4) is 0 Å². The minimum Gasteiger partial charge on any atom is -0.376 e. The fourth-order valence-corrected chi connectivity index (χ4v) is 2.58. The summed E-state index contributed by atoms with van der Waals surface area (Å²) in [5.41, 5.74) is 2.54. The lowest BCUT2D eigenvalue weighted by Crippen LogP contribution is -2.30. The first-order valence-electron chi connectivity index (χ1n) is 7.23. The number of nitrogens with zero attached hydrogens (tertiary/aromatic N) is 1. The SMILES string of the molecule is NNc1ccc(Cl)c(C(=O)NCCOC2CCCCC2)n1. The molecule has 0 unspecified atom stereocenters. The topological polar surface area (TPSA) is 89.3 Å². The summed E-state index contributed by atoms with van der Waals surface area (Å²) in [7, 11) is 0. The van der Waals surface area contributed by atoms with Gasteiger partial charge in [0, 0.05) is 6.54 Å². The molecule has 1 aromatic rings. The van der Waals surface area contributed by atoms with Crippen molar-refractivity contribution in [1.29, 1.82) is 0 Å². The highest BCUT2D eigenvalue weighted by Crippen LogP contribution is 2.20. The number of hydrogen-bond acceptors (Lipinski definition) is 5. The van der Waals surface area contributed by atoms with E-state index in [-0.39, 0.29) is 11.6 Å². The molecule has 1 amide bonds. The van der Waals surface area contributed by atoms with Crippen molar-refractivity contribution in [2.24, 2.45) is 5.84 Å². The van der Waals surface area contributed by atoms with Crippen LogP contribution < -0.4 is 16.6 Å². The number of nitrogens with two attached hydrogens (primary N) is 1. The number of nitrogen functional groups attached to an aromatic ring is 1. The van der Waals surface area contributed by atoms with Crippen LogP contribution in [0, 0.1) is 0 Å². The van der Waals surface area contributed by atoms with Gasteiger partial charge >= 0.3 is 0 Å². The monoisotopic (exact) mass is 312 g/mol.